The van der Waals surface area contributed by atoms with E-state index in [2.05, 4.69) is 16.0 Å². The fraction of sp³-hybridized carbons (Fsp3) is 0.737. The maximum Gasteiger partial charge on any atom is 0.326 e. The van der Waals surface area contributed by atoms with Crippen molar-refractivity contribution in [2.75, 3.05) is 0 Å². The van der Waals surface area contributed by atoms with Crippen molar-refractivity contribution in [1.82, 2.24) is 16.0 Å². The maximum absolute atomic E-state index is 12.8. The van der Waals surface area contributed by atoms with E-state index in [4.69, 9.17) is 15.9 Å². The summed E-state index contributed by atoms with van der Waals surface area (Å²) in [6, 6.07) is -5.17. The van der Waals surface area contributed by atoms with Crippen molar-refractivity contribution in [3.8, 4) is 0 Å². The van der Waals surface area contributed by atoms with Gasteiger partial charge in [-0.3, -0.25) is 19.2 Å². The number of aliphatic carboxylic acids is 2. The van der Waals surface area contributed by atoms with Crippen LogP contribution in [0, 0.1) is 11.8 Å². The number of carboxylic acids is 2. The van der Waals surface area contributed by atoms with Gasteiger partial charge in [-0.25, -0.2) is 4.79 Å². The van der Waals surface area contributed by atoms with Crippen LogP contribution in [-0.2, 0) is 24.0 Å². The highest BCUT2D eigenvalue weighted by Gasteiger charge is 2.34. The lowest BCUT2D eigenvalue weighted by Crippen LogP contribution is -2.60. The van der Waals surface area contributed by atoms with Gasteiger partial charge in [0.25, 0.3) is 0 Å². The third kappa shape index (κ3) is 9.30. The number of aliphatic hydroxyl groups is 1. The average Bonchev–Trinajstić information content (AvgIpc) is 2.66. The molecule has 0 aliphatic rings. The summed E-state index contributed by atoms with van der Waals surface area (Å²) in [5.41, 5.74) is 5.59. The van der Waals surface area contributed by atoms with Crippen molar-refractivity contribution in [3.63, 3.8) is 0 Å². The van der Waals surface area contributed by atoms with Crippen LogP contribution in [-0.4, -0.2) is 75.3 Å². The van der Waals surface area contributed by atoms with E-state index in [1.807, 2.05) is 0 Å². The van der Waals surface area contributed by atoms with E-state index < -0.39 is 78.2 Å². The first-order chi connectivity index (χ1) is 14.2. The average molecular weight is 447 g/mol. The summed E-state index contributed by atoms with van der Waals surface area (Å²) in [4.78, 5) is 59.7. The van der Waals surface area contributed by atoms with Crippen molar-refractivity contribution >= 4 is 29.7 Å². The van der Waals surface area contributed by atoms with Gasteiger partial charge < -0.3 is 37.0 Å². The molecular formula is C19H34N4O8. The number of carbonyl (C=O) groups excluding carboxylic acids is 3. The number of hydrogen-bond donors (Lipinski definition) is 7. The van der Waals surface area contributed by atoms with Gasteiger partial charge in [-0.15, -0.1) is 0 Å². The number of aliphatic hydroxyl groups excluding tert-OH is 1. The molecule has 0 fully saturated rings. The SMILES string of the molecule is CCC(C)C(NC(=O)C(NC(=O)C(N)C(C)O)C(C)C)C(=O)NC(CC(=O)O)C(=O)O. The highest BCUT2D eigenvalue weighted by Crippen LogP contribution is 2.11. The normalized spacial score (nSPS) is 16.9. The van der Waals surface area contributed by atoms with Gasteiger partial charge in [-0.05, 0) is 18.8 Å². The molecule has 0 aliphatic heterocycles. The Balaban J connectivity index is 5.53. The van der Waals surface area contributed by atoms with Crippen molar-refractivity contribution < 1.29 is 39.3 Å². The molecule has 6 unspecified atom stereocenters. The van der Waals surface area contributed by atoms with E-state index in [0.29, 0.717) is 6.42 Å². The van der Waals surface area contributed by atoms with Gasteiger partial charge in [-0.2, -0.15) is 0 Å². The van der Waals surface area contributed by atoms with E-state index in [-0.39, 0.29) is 0 Å². The van der Waals surface area contributed by atoms with E-state index in [0.717, 1.165) is 0 Å². The van der Waals surface area contributed by atoms with E-state index in [1.165, 1.54) is 6.92 Å². The molecule has 3 amide bonds. The zero-order valence-electron chi connectivity index (χ0n) is 18.4. The molecule has 8 N–H and O–H groups in total. The fourth-order valence-corrected chi connectivity index (χ4v) is 2.58. The molecule has 31 heavy (non-hydrogen) atoms. The molecule has 0 radical (unpaired) electrons. The third-order valence-corrected chi connectivity index (χ3v) is 4.86. The van der Waals surface area contributed by atoms with E-state index >= 15 is 0 Å². The molecule has 0 aliphatic carbocycles. The van der Waals surface area contributed by atoms with Crippen LogP contribution in [0.5, 0.6) is 0 Å². The second-order valence-corrected chi connectivity index (χ2v) is 7.87. The standard InChI is InChI=1S/C19H34N4O8/c1-6-9(4)15(18(29)21-11(19(30)31)7-12(25)26)23-17(28)14(8(2)3)22-16(27)13(20)10(5)24/h8-11,13-15,24H,6-7,20H2,1-5H3,(H,21,29)(H,22,27)(H,23,28)(H,25,26)(H,30,31). The van der Waals surface area contributed by atoms with Crippen LogP contribution in [0.2, 0.25) is 0 Å². The highest BCUT2D eigenvalue weighted by molar-refractivity contribution is 5.95. The zero-order chi connectivity index (χ0) is 24.5. The summed E-state index contributed by atoms with van der Waals surface area (Å²) in [6.45, 7) is 8.05. The van der Waals surface area contributed by atoms with Crippen LogP contribution in [0.1, 0.15) is 47.5 Å². The first kappa shape index (κ1) is 28.3. The molecule has 0 spiro atoms. The lowest BCUT2D eigenvalue weighted by molar-refractivity contribution is -0.147. The van der Waals surface area contributed by atoms with Crippen LogP contribution in [0.4, 0.5) is 0 Å². The van der Waals surface area contributed by atoms with Crippen molar-refractivity contribution in [2.45, 2.75) is 77.7 Å². The number of nitrogens with two attached hydrogens (primary N) is 1. The van der Waals surface area contributed by atoms with Gasteiger partial charge in [-0.1, -0.05) is 34.1 Å². The summed E-state index contributed by atoms with van der Waals surface area (Å²) in [5, 5.41) is 34.5. The number of amides is 3. The number of nitrogens with one attached hydrogen (secondary N) is 3. The van der Waals surface area contributed by atoms with E-state index in [9.17, 15) is 29.1 Å². The molecule has 0 saturated carbocycles. The number of carboxylic acid groups (broad SMARTS) is 2. The minimum atomic E-state index is -1.67. The highest BCUT2D eigenvalue weighted by atomic mass is 16.4. The summed E-state index contributed by atoms with van der Waals surface area (Å²) < 4.78 is 0. The molecule has 0 saturated heterocycles. The first-order valence-corrected chi connectivity index (χ1v) is 10.0. The second kappa shape index (κ2) is 12.8. The van der Waals surface area contributed by atoms with Crippen molar-refractivity contribution in [1.29, 1.82) is 0 Å². The van der Waals surface area contributed by atoms with Crippen LogP contribution >= 0.6 is 0 Å². The predicted octanol–water partition coefficient (Wildman–Crippen LogP) is -1.59. The number of rotatable bonds is 13. The van der Waals surface area contributed by atoms with Crippen LogP contribution in [0.15, 0.2) is 0 Å². The van der Waals surface area contributed by atoms with Crippen molar-refractivity contribution in [3.05, 3.63) is 0 Å². The van der Waals surface area contributed by atoms with Gasteiger partial charge in [0.2, 0.25) is 17.7 Å². The summed E-state index contributed by atoms with van der Waals surface area (Å²) in [6.07, 6.45) is -1.53. The molecule has 0 heterocycles. The maximum atomic E-state index is 12.8. The smallest absolute Gasteiger partial charge is 0.326 e. The molecule has 0 bridgehead atoms. The Kier molecular flexibility index (Phi) is 11.7. The van der Waals surface area contributed by atoms with Gasteiger partial charge in [0.15, 0.2) is 0 Å². The van der Waals surface area contributed by atoms with Crippen LogP contribution in [0.3, 0.4) is 0 Å². The minimum Gasteiger partial charge on any atom is -0.481 e. The lowest BCUT2D eigenvalue weighted by atomic mass is 9.96. The second-order valence-electron chi connectivity index (χ2n) is 7.87. The molecule has 12 heteroatoms. The molecular weight excluding hydrogens is 412 g/mol. The largest absolute Gasteiger partial charge is 0.481 e. The molecule has 0 aromatic rings. The quantitative estimate of drug-likeness (QED) is 0.174. The van der Waals surface area contributed by atoms with E-state index in [1.54, 1.807) is 27.7 Å². The summed E-state index contributed by atoms with van der Waals surface area (Å²) in [7, 11) is 0. The molecule has 12 nitrogen and oxygen atoms in total. The third-order valence-electron chi connectivity index (χ3n) is 4.86. The Morgan fingerprint density at radius 3 is 1.71 bits per heavy atom. The minimum absolute atomic E-state index is 0.399. The molecule has 178 valence electrons. The molecule has 6 atom stereocenters. The monoisotopic (exact) mass is 446 g/mol. The summed E-state index contributed by atoms with van der Waals surface area (Å²) in [5.74, 6) is -6.06. The molecule has 0 aromatic heterocycles. The Hall–Kier alpha value is -2.73. The Morgan fingerprint density at radius 1 is 0.839 bits per heavy atom. The molecule has 0 aromatic carbocycles. The first-order valence-electron chi connectivity index (χ1n) is 10.0. The van der Waals surface area contributed by atoms with Crippen LogP contribution in [0.25, 0.3) is 0 Å². The fourth-order valence-electron chi connectivity index (χ4n) is 2.58. The molecule has 0 rings (SSSR count). The van der Waals surface area contributed by atoms with Gasteiger partial charge in [0, 0.05) is 0 Å². The lowest BCUT2D eigenvalue weighted by Gasteiger charge is -2.29. The van der Waals surface area contributed by atoms with Crippen molar-refractivity contribution in [2.24, 2.45) is 17.6 Å². The topological polar surface area (TPSA) is 208 Å². The Labute approximate surface area is 180 Å². The Morgan fingerprint density at radius 2 is 1.32 bits per heavy atom. The zero-order valence-corrected chi connectivity index (χ0v) is 18.4. The van der Waals surface area contributed by atoms with Gasteiger partial charge in [0.05, 0.1) is 12.5 Å². The predicted molar refractivity (Wildman–Crippen MR) is 110 cm³/mol. The van der Waals surface area contributed by atoms with Crippen LogP contribution < -0.4 is 21.7 Å². The van der Waals surface area contributed by atoms with Gasteiger partial charge in [0.1, 0.15) is 24.2 Å². The number of hydrogen-bond acceptors (Lipinski definition) is 7. The summed E-state index contributed by atoms with van der Waals surface area (Å²) >= 11 is 0. The van der Waals surface area contributed by atoms with Gasteiger partial charge >= 0.3 is 11.9 Å². The Bertz CT molecular complexity index is 667. The number of carbonyl (C=O) groups is 5.